The number of carbonyl (C=O) groups is 1. The van der Waals surface area contributed by atoms with Gasteiger partial charge in [0.25, 0.3) is 0 Å². The summed E-state index contributed by atoms with van der Waals surface area (Å²) in [5.41, 5.74) is 0.634. The maximum Gasteiger partial charge on any atom is 0.242 e. The maximum atomic E-state index is 12.1. The van der Waals surface area contributed by atoms with E-state index in [4.69, 9.17) is 11.6 Å². The topological polar surface area (TPSA) is 41.1 Å². The van der Waals surface area contributed by atoms with Crippen LogP contribution in [0.1, 0.15) is 34.1 Å². The monoisotopic (exact) mass is 346 g/mol. The van der Waals surface area contributed by atoms with Crippen molar-refractivity contribution in [3.05, 3.63) is 27.7 Å². The van der Waals surface area contributed by atoms with E-state index in [1.54, 1.807) is 6.07 Å². The molecule has 0 radical (unpaired) electrons. The van der Waals surface area contributed by atoms with Crippen molar-refractivity contribution in [2.75, 3.05) is 5.32 Å². The summed E-state index contributed by atoms with van der Waals surface area (Å²) >= 11 is 9.35. The van der Waals surface area contributed by atoms with Gasteiger partial charge in [-0.15, -0.1) is 0 Å². The molecule has 0 spiro atoms. The molecule has 0 aliphatic heterocycles. The van der Waals surface area contributed by atoms with E-state index in [2.05, 4.69) is 26.6 Å². The average Bonchev–Trinajstić information content (AvgIpc) is 2.33. The minimum atomic E-state index is -0.317. The number of amides is 1. The van der Waals surface area contributed by atoms with Crippen molar-refractivity contribution >= 4 is 39.1 Å². The summed E-state index contributed by atoms with van der Waals surface area (Å²) in [6.07, 6.45) is 0.884. The highest BCUT2D eigenvalue weighted by Gasteiger charge is 2.21. The Hall–Kier alpha value is -0.740. The van der Waals surface area contributed by atoms with Crippen LogP contribution in [0.4, 0.5) is 5.69 Å². The molecule has 0 aliphatic rings. The van der Waals surface area contributed by atoms with Crippen LogP contribution < -0.4 is 10.6 Å². The lowest BCUT2D eigenvalue weighted by Gasteiger charge is -2.27. The Bertz CT molecular complexity index is 463. The van der Waals surface area contributed by atoms with Crippen LogP contribution in [0.2, 0.25) is 5.02 Å². The molecular formula is C14H20BrClN2O. The molecule has 1 amide bonds. The van der Waals surface area contributed by atoms with Gasteiger partial charge in [0.2, 0.25) is 5.91 Å². The van der Waals surface area contributed by atoms with E-state index in [9.17, 15) is 4.79 Å². The SMILES string of the molecule is CCC(C)(C)NC(=O)C(C)Nc1ccc(Br)c(Cl)c1. The summed E-state index contributed by atoms with van der Waals surface area (Å²) in [6.45, 7) is 7.89. The minimum absolute atomic E-state index is 0.0223. The Labute approximate surface area is 128 Å². The lowest BCUT2D eigenvalue weighted by molar-refractivity contribution is -0.123. The Balaban J connectivity index is 2.66. The van der Waals surface area contributed by atoms with Crippen molar-refractivity contribution in [1.29, 1.82) is 0 Å². The number of halogens is 2. The lowest BCUT2D eigenvalue weighted by atomic mass is 10.0. The summed E-state index contributed by atoms with van der Waals surface area (Å²) in [7, 11) is 0. The number of nitrogens with one attached hydrogen (secondary N) is 2. The minimum Gasteiger partial charge on any atom is -0.374 e. The van der Waals surface area contributed by atoms with Crippen LogP contribution in [0.3, 0.4) is 0 Å². The van der Waals surface area contributed by atoms with Gasteiger partial charge in [0.05, 0.1) is 5.02 Å². The summed E-state index contributed by atoms with van der Waals surface area (Å²) in [6, 6.07) is 5.21. The first-order chi connectivity index (χ1) is 8.75. The van der Waals surface area contributed by atoms with Gasteiger partial charge in [-0.1, -0.05) is 18.5 Å². The van der Waals surface area contributed by atoms with Crippen LogP contribution in [0.15, 0.2) is 22.7 Å². The van der Waals surface area contributed by atoms with Gasteiger partial charge >= 0.3 is 0 Å². The smallest absolute Gasteiger partial charge is 0.242 e. The molecule has 0 saturated carbocycles. The molecule has 0 fully saturated rings. The molecule has 19 heavy (non-hydrogen) atoms. The van der Waals surface area contributed by atoms with Crippen molar-refractivity contribution in [1.82, 2.24) is 5.32 Å². The Morgan fingerprint density at radius 1 is 1.47 bits per heavy atom. The number of rotatable bonds is 5. The van der Waals surface area contributed by atoms with E-state index >= 15 is 0 Å². The third-order valence-electron chi connectivity index (χ3n) is 3.04. The van der Waals surface area contributed by atoms with Crippen LogP contribution in [-0.4, -0.2) is 17.5 Å². The highest BCUT2D eigenvalue weighted by Crippen LogP contribution is 2.25. The van der Waals surface area contributed by atoms with E-state index in [1.165, 1.54) is 0 Å². The van der Waals surface area contributed by atoms with Crippen LogP contribution in [0, 0.1) is 0 Å². The van der Waals surface area contributed by atoms with Gasteiger partial charge in [0, 0.05) is 15.7 Å². The maximum absolute atomic E-state index is 12.1. The molecule has 0 aromatic heterocycles. The molecule has 1 atom stereocenters. The average molecular weight is 348 g/mol. The number of hydrogen-bond acceptors (Lipinski definition) is 2. The van der Waals surface area contributed by atoms with E-state index in [1.807, 2.05) is 39.8 Å². The molecule has 1 aromatic carbocycles. The second kappa shape index (κ2) is 6.62. The molecule has 0 aliphatic carbocycles. The first kappa shape index (κ1) is 16.3. The fourth-order valence-corrected chi connectivity index (χ4v) is 1.86. The fourth-order valence-electron chi connectivity index (χ4n) is 1.43. The highest BCUT2D eigenvalue weighted by atomic mass is 79.9. The van der Waals surface area contributed by atoms with Gasteiger partial charge in [-0.25, -0.2) is 0 Å². The first-order valence-corrected chi connectivity index (χ1v) is 7.46. The van der Waals surface area contributed by atoms with Crippen molar-refractivity contribution < 1.29 is 4.79 Å². The molecular weight excluding hydrogens is 328 g/mol. The van der Waals surface area contributed by atoms with Crippen molar-refractivity contribution in [3.63, 3.8) is 0 Å². The van der Waals surface area contributed by atoms with Crippen molar-refractivity contribution in [3.8, 4) is 0 Å². The summed E-state index contributed by atoms with van der Waals surface area (Å²) < 4.78 is 0.837. The molecule has 1 unspecified atom stereocenters. The van der Waals surface area contributed by atoms with Crippen LogP contribution in [-0.2, 0) is 4.79 Å². The molecule has 5 heteroatoms. The Morgan fingerprint density at radius 3 is 2.63 bits per heavy atom. The van der Waals surface area contributed by atoms with Gasteiger partial charge in [-0.2, -0.15) is 0 Å². The standard InChI is InChI=1S/C14H20BrClN2O/c1-5-14(3,4)18-13(19)9(2)17-10-6-7-11(15)12(16)8-10/h6-9,17H,5H2,1-4H3,(H,18,19). The zero-order valence-corrected chi connectivity index (χ0v) is 14.0. The van der Waals surface area contributed by atoms with E-state index in [-0.39, 0.29) is 17.5 Å². The molecule has 1 aromatic rings. The molecule has 106 valence electrons. The Morgan fingerprint density at radius 2 is 2.11 bits per heavy atom. The largest absolute Gasteiger partial charge is 0.374 e. The van der Waals surface area contributed by atoms with E-state index in [0.29, 0.717) is 5.02 Å². The van der Waals surface area contributed by atoms with Crippen LogP contribution >= 0.6 is 27.5 Å². The van der Waals surface area contributed by atoms with Gasteiger partial charge in [0.1, 0.15) is 6.04 Å². The van der Waals surface area contributed by atoms with Gasteiger partial charge in [-0.05, 0) is 61.3 Å². The normalized spacial score (nSPS) is 12.9. The third kappa shape index (κ3) is 5.03. The molecule has 0 bridgehead atoms. The van der Waals surface area contributed by atoms with Gasteiger partial charge in [0.15, 0.2) is 0 Å². The summed E-state index contributed by atoms with van der Waals surface area (Å²) in [5, 5.41) is 6.76. The van der Waals surface area contributed by atoms with Crippen molar-refractivity contribution in [2.45, 2.75) is 45.7 Å². The van der Waals surface area contributed by atoms with Gasteiger partial charge < -0.3 is 10.6 Å². The predicted octanol–water partition coefficient (Wildman–Crippen LogP) is 4.21. The molecule has 2 N–H and O–H groups in total. The highest BCUT2D eigenvalue weighted by molar-refractivity contribution is 9.10. The second-order valence-corrected chi connectivity index (χ2v) is 6.48. The first-order valence-electron chi connectivity index (χ1n) is 6.29. The van der Waals surface area contributed by atoms with E-state index < -0.39 is 0 Å². The predicted molar refractivity (Wildman–Crippen MR) is 84.7 cm³/mol. The number of benzene rings is 1. The molecule has 3 nitrogen and oxygen atoms in total. The quantitative estimate of drug-likeness (QED) is 0.838. The van der Waals surface area contributed by atoms with Crippen molar-refractivity contribution in [2.24, 2.45) is 0 Å². The molecule has 0 heterocycles. The molecule has 0 saturated heterocycles. The fraction of sp³-hybridized carbons (Fsp3) is 0.500. The number of carbonyl (C=O) groups excluding carboxylic acids is 1. The zero-order chi connectivity index (χ0) is 14.6. The van der Waals surface area contributed by atoms with Crippen LogP contribution in [0.25, 0.3) is 0 Å². The second-order valence-electron chi connectivity index (χ2n) is 5.22. The zero-order valence-electron chi connectivity index (χ0n) is 11.7. The van der Waals surface area contributed by atoms with E-state index in [0.717, 1.165) is 16.6 Å². The van der Waals surface area contributed by atoms with Crippen LogP contribution in [0.5, 0.6) is 0 Å². The number of anilines is 1. The summed E-state index contributed by atoms with van der Waals surface area (Å²) in [5.74, 6) is -0.0223. The lowest BCUT2D eigenvalue weighted by Crippen LogP contribution is -2.48. The van der Waals surface area contributed by atoms with Gasteiger partial charge in [-0.3, -0.25) is 4.79 Å². The number of hydrogen-bond donors (Lipinski definition) is 2. The summed E-state index contributed by atoms with van der Waals surface area (Å²) in [4.78, 5) is 12.1. The molecule has 1 rings (SSSR count). The Kier molecular flexibility index (Phi) is 5.68. The third-order valence-corrected chi connectivity index (χ3v) is 4.27.